The van der Waals surface area contributed by atoms with Gasteiger partial charge < -0.3 is 20.3 Å². The standard InChI is InChI=1S/C73H141NO5/c1-3-5-7-9-11-13-15-43-47-51-55-59-63-67-73(78)79-68-64-60-56-52-48-45-42-40-38-36-34-32-30-28-26-24-22-20-18-16-17-19-21-23-25-27-29-31-33-35-37-39-41-44-46-50-54-58-62-66-72(77)74-70(69-75)71(76)65-61-57-53-49-14-12-10-8-6-4-2/h13,15,61,65,70-71,75-76H,3-12,14,16-60,62-64,66-69H2,1-2H3,(H,74,77)/b15-13-,65-61+. The first-order valence-corrected chi connectivity index (χ1v) is 36.1. The van der Waals surface area contributed by atoms with Crippen LogP contribution in [0.1, 0.15) is 406 Å². The zero-order valence-corrected chi connectivity index (χ0v) is 53.6. The summed E-state index contributed by atoms with van der Waals surface area (Å²) < 4.78 is 5.49. The minimum Gasteiger partial charge on any atom is -0.466 e. The van der Waals surface area contributed by atoms with Crippen LogP contribution in [0.5, 0.6) is 0 Å². The van der Waals surface area contributed by atoms with E-state index in [9.17, 15) is 19.8 Å². The number of carbonyl (C=O) groups excluding carboxylic acids is 2. The maximum absolute atomic E-state index is 12.4. The molecule has 2 unspecified atom stereocenters. The van der Waals surface area contributed by atoms with Crippen LogP contribution in [-0.4, -0.2) is 47.4 Å². The molecule has 1 amide bonds. The van der Waals surface area contributed by atoms with Crippen LogP contribution >= 0.6 is 0 Å². The molecular weight excluding hydrogens is 971 g/mol. The van der Waals surface area contributed by atoms with Gasteiger partial charge in [-0.1, -0.05) is 359 Å². The molecule has 6 nitrogen and oxygen atoms in total. The molecule has 0 heterocycles. The molecule has 6 heteroatoms. The first-order valence-electron chi connectivity index (χ1n) is 36.1. The van der Waals surface area contributed by atoms with Gasteiger partial charge in [-0.05, 0) is 57.8 Å². The Morgan fingerprint density at radius 1 is 0.342 bits per heavy atom. The van der Waals surface area contributed by atoms with Crippen LogP contribution < -0.4 is 5.32 Å². The second kappa shape index (κ2) is 68.8. The van der Waals surface area contributed by atoms with Gasteiger partial charge in [0.15, 0.2) is 0 Å². The van der Waals surface area contributed by atoms with Gasteiger partial charge in [0, 0.05) is 12.8 Å². The fourth-order valence-electron chi connectivity index (χ4n) is 11.5. The Hall–Kier alpha value is -1.66. The molecule has 0 aromatic carbocycles. The zero-order chi connectivity index (χ0) is 57.1. The predicted molar refractivity (Wildman–Crippen MR) is 347 cm³/mol. The van der Waals surface area contributed by atoms with Gasteiger partial charge in [0.2, 0.25) is 5.91 Å². The van der Waals surface area contributed by atoms with Gasteiger partial charge in [-0.3, -0.25) is 9.59 Å². The molecule has 0 aliphatic carbocycles. The summed E-state index contributed by atoms with van der Waals surface area (Å²) in [6.07, 6.45) is 87.3. The minimum atomic E-state index is -0.837. The summed E-state index contributed by atoms with van der Waals surface area (Å²) in [5.74, 6) is -0.0471. The van der Waals surface area contributed by atoms with E-state index in [1.54, 1.807) is 6.08 Å². The Bertz CT molecular complexity index is 1230. The minimum absolute atomic E-state index is 0.0150. The van der Waals surface area contributed by atoms with Crippen molar-refractivity contribution in [2.45, 2.75) is 418 Å². The van der Waals surface area contributed by atoms with Gasteiger partial charge in [0.25, 0.3) is 0 Å². The summed E-state index contributed by atoms with van der Waals surface area (Å²) in [5, 5.41) is 23.0. The first-order chi connectivity index (χ1) is 39.0. The highest BCUT2D eigenvalue weighted by molar-refractivity contribution is 5.76. The number of hydrogen-bond acceptors (Lipinski definition) is 5. The maximum Gasteiger partial charge on any atom is 0.305 e. The summed E-state index contributed by atoms with van der Waals surface area (Å²) in [6.45, 7) is 4.90. The van der Waals surface area contributed by atoms with E-state index >= 15 is 0 Å². The molecule has 468 valence electrons. The number of hydrogen-bond donors (Lipinski definition) is 3. The van der Waals surface area contributed by atoms with E-state index in [0.29, 0.717) is 19.4 Å². The highest BCUT2D eigenvalue weighted by Crippen LogP contribution is 2.19. The van der Waals surface area contributed by atoms with Crippen molar-refractivity contribution in [2.24, 2.45) is 0 Å². The Labute approximate surface area is 494 Å². The molecule has 2 atom stereocenters. The van der Waals surface area contributed by atoms with Crippen LogP contribution in [-0.2, 0) is 14.3 Å². The van der Waals surface area contributed by atoms with Gasteiger partial charge in [-0.15, -0.1) is 0 Å². The third-order valence-electron chi connectivity index (χ3n) is 17.0. The molecule has 0 aliphatic rings. The van der Waals surface area contributed by atoms with Crippen LogP contribution in [0.2, 0.25) is 0 Å². The number of aliphatic hydroxyl groups excluding tert-OH is 2. The van der Waals surface area contributed by atoms with E-state index in [1.165, 1.54) is 334 Å². The highest BCUT2D eigenvalue weighted by atomic mass is 16.5. The van der Waals surface area contributed by atoms with Crippen molar-refractivity contribution in [3.05, 3.63) is 24.3 Å². The Morgan fingerprint density at radius 2 is 0.595 bits per heavy atom. The molecular formula is C73H141NO5. The van der Waals surface area contributed by atoms with Crippen LogP contribution in [0.4, 0.5) is 0 Å². The molecule has 0 rings (SSSR count). The lowest BCUT2D eigenvalue weighted by Gasteiger charge is -2.20. The fourth-order valence-corrected chi connectivity index (χ4v) is 11.5. The number of unbranched alkanes of at least 4 members (excludes halogenated alkanes) is 55. The largest absolute Gasteiger partial charge is 0.466 e. The molecule has 0 aromatic rings. The number of aliphatic hydroxyl groups is 2. The number of allylic oxidation sites excluding steroid dienone is 3. The second-order valence-corrected chi connectivity index (χ2v) is 24.9. The van der Waals surface area contributed by atoms with E-state index in [1.807, 2.05) is 6.08 Å². The van der Waals surface area contributed by atoms with Crippen molar-refractivity contribution in [1.82, 2.24) is 5.32 Å². The van der Waals surface area contributed by atoms with Crippen molar-refractivity contribution >= 4 is 11.9 Å². The summed E-state index contributed by atoms with van der Waals surface area (Å²) in [7, 11) is 0. The van der Waals surface area contributed by atoms with E-state index in [2.05, 4.69) is 31.3 Å². The smallest absolute Gasteiger partial charge is 0.305 e. The molecule has 0 aromatic heterocycles. The molecule has 79 heavy (non-hydrogen) atoms. The molecule has 0 spiro atoms. The molecule has 0 radical (unpaired) electrons. The topological polar surface area (TPSA) is 95.9 Å². The van der Waals surface area contributed by atoms with Gasteiger partial charge in [-0.2, -0.15) is 0 Å². The second-order valence-electron chi connectivity index (χ2n) is 24.9. The lowest BCUT2D eigenvalue weighted by atomic mass is 10.0. The van der Waals surface area contributed by atoms with Gasteiger partial charge in [-0.25, -0.2) is 0 Å². The Morgan fingerprint density at radius 3 is 0.911 bits per heavy atom. The number of amides is 1. The number of ether oxygens (including phenoxy) is 1. The monoisotopic (exact) mass is 1110 g/mol. The predicted octanol–water partition coefficient (Wildman–Crippen LogP) is 23.3. The number of nitrogens with one attached hydrogen (secondary N) is 1. The fraction of sp³-hybridized carbons (Fsp3) is 0.918. The lowest BCUT2D eigenvalue weighted by molar-refractivity contribution is -0.143. The third kappa shape index (κ3) is 65.4. The number of rotatable bonds is 68. The molecule has 0 fully saturated rings. The van der Waals surface area contributed by atoms with E-state index in [-0.39, 0.29) is 18.5 Å². The van der Waals surface area contributed by atoms with E-state index in [4.69, 9.17) is 4.74 Å². The molecule has 3 N–H and O–H groups in total. The summed E-state index contributed by atoms with van der Waals surface area (Å²) >= 11 is 0. The normalized spacial score (nSPS) is 12.6. The van der Waals surface area contributed by atoms with Crippen molar-refractivity contribution in [1.29, 1.82) is 0 Å². The Balaban J connectivity index is 3.27. The summed E-state index contributed by atoms with van der Waals surface area (Å²) in [5.41, 5.74) is 0. The van der Waals surface area contributed by atoms with Crippen molar-refractivity contribution in [3.8, 4) is 0 Å². The zero-order valence-electron chi connectivity index (χ0n) is 53.6. The van der Waals surface area contributed by atoms with Crippen LogP contribution in [0.15, 0.2) is 24.3 Å². The summed E-state index contributed by atoms with van der Waals surface area (Å²) in [6, 6.07) is -0.621. The van der Waals surface area contributed by atoms with Crippen molar-refractivity contribution < 1.29 is 24.5 Å². The molecule has 0 aliphatic heterocycles. The first kappa shape index (κ1) is 77.3. The van der Waals surface area contributed by atoms with Crippen LogP contribution in [0.25, 0.3) is 0 Å². The van der Waals surface area contributed by atoms with Crippen LogP contribution in [0.3, 0.4) is 0 Å². The molecule has 0 saturated heterocycles. The third-order valence-corrected chi connectivity index (χ3v) is 17.0. The van der Waals surface area contributed by atoms with E-state index in [0.717, 1.165) is 44.9 Å². The number of esters is 1. The lowest BCUT2D eigenvalue weighted by Crippen LogP contribution is -2.45. The average molecular weight is 1110 g/mol. The SMILES string of the molecule is CCCCCC/C=C\CCCCCCCC(=O)OCCCCCCCCCCCCCCCCCCCCCCCCCCCCCCCCCCCCCCCCCC(=O)NC(CO)C(O)/C=C/CCCCCCCCCC. The number of carbonyl (C=O) groups is 2. The van der Waals surface area contributed by atoms with Gasteiger partial charge >= 0.3 is 5.97 Å². The van der Waals surface area contributed by atoms with Crippen LogP contribution in [0, 0.1) is 0 Å². The van der Waals surface area contributed by atoms with Gasteiger partial charge in [0.05, 0.1) is 25.4 Å². The van der Waals surface area contributed by atoms with Gasteiger partial charge in [0.1, 0.15) is 0 Å². The quantitative estimate of drug-likeness (QED) is 0.0320. The Kier molecular flexibility index (Phi) is 67.4. The van der Waals surface area contributed by atoms with E-state index < -0.39 is 12.1 Å². The molecule has 0 saturated carbocycles. The highest BCUT2D eigenvalue weighted by Gasteiger charge is 2.18. The van der Waals surface area contributed by atoms with Crippen molar-refractivity contribution in [3.63, 3.8) is 0 Å². The summed E-state index contributed by atoms with van der Waals surface area (Å²) in [4.78, 5) is 24.5. The van der Waals surface area contributed by atoms with Crippen molar-refractivity contribution in [2.75, 3.05) is 13.2 Å². The molecule has 0 bridgehead atoms. The average Bonchev–Trinajstić information content (AvgIpc) is 3.45. The maximum atomic E-state index is 12.4.